The number of esters is 1. The lowest BCUT2D eigenvalue weighted by Gasteiger charge is -2.61. The molecule has 0 aliphatic heterocycles. The molecule has 27 heavy (non-hydrogen) atoms. The van der Waals surface area contributed by atoms with Gasteiger partial charge in [0, 0.05) is 6.42 Å². The summed E-state index contributed by atoms with van der Waals surface area (Å²) in [5.74, 6) is 4.36. The maximum Gasteiger partial charge on any atom is 0.305 e. The Balaban J connectivity index is 1.53. The van der Waals surface area contributed by atoms with Crippen molar-refractivity contribution in [1.29, 1.82) is 0 Å². The van der Waals surface area contributed by atoms with Gasteiger partial charge in [-0.15, -0.1) is 0 Å². The largest absolute Gasteiger partial charge is 0.469 e. The van der Waals surface area contributed by atoms with Crippen molar-refractivity contribution >= 4 is 5.97 Å². The van der Waals surface area contributed by atoms with E-state index in [2.05, 4.69) is 20.8 Å². The van der Waals surface area contributed by atoms with Crippen LogP contribution in [0.1, 0.15) is 85.0 Å². The minimum absolute atomic E-state index is 0.0444. The number of hydrogen-bond acceptors (Lipinski definition) is 3. The van der Waals surface area contributed by atoms with Crippen molar-refractivity contribution in [3.63, 3.8) is 0 Å². The summed E-state index contributed by atoms with van der Waals surface area (Å²) >= 11 is 0. The summed E-state index contributed by atoms with van der Waals surface area (Å²) in [4.78, 5) is 11.9. The average Bonchev–Trinajstić information content (AvgIpc) is 2.99. The first-order chi connectivity index (χ1) is 12.8. The number of rotatable bonds is 3. The first kappa shape index (κ1) is 19.7. The third kappa shape index (κ3) is 3.07. The first-order valence-corrected chi connectivity index (χ1v) is 11.5. The number of carbonyl (C=O) groups excluding carboxylic acids is 1. The second kappa shape index (κ2) is 7.04. The zero-order valence-electron chi connectivity index (χ0n) is 17.9. The third-order valence-corrected chi connectivity index (χ3v) is 10.1. The van der Waals surface area contributed by atoms with E-state index in [0.29, 0.717) is 29.1 Å². The van der Waals surface area contributed by atoms with E-state index < -0.39 is 0 Å². The molecule has 0 aromatic carbocycles. The van der Waals surface area contributed by atoms with E-state index in [9.17, 15) is 9.90 Å². The normalized spacial score (nSPS) is 50.3. The van der Waals surface area contributed by atoms with Gasteiger partial charge in [0.15, 0.2) is 0 Å². The van der Waals surface area contributed by atoms with Crippen LogP contribution in [0.3, 0.4) is 0 Å². The molecule has 3 heteroatoms. The molecular weight excluding hydrogens is 336 g/mol. The van der Waals surface area contributed by atoms with E-state index >= 15 is 0 Å². The Bertz CT molecular complexity index is 574. The topological polar surface area (TPSA) is 46.5 Å². The minimum atomic E-state index is -0.0523. The summed E-state index contributed by atoms with van der Waals surface area (Å²) in [7, 11) is 1.51. The molecule has 4 aliphatic rings. The van der Waals surface area contributed by atoms with Gasteiger partial charge in [0.2, 0.25) is 0 Å². The SMILES string of the molecule is COC(=O)C[C@@H](C)[C@H]1CC[C@H]2[C@@H]3CC[C@@H]4C[C@H](O)CC[C@]4(C)[C@H]3CC[C@]12C. The number of fused-ring (bicyclic) bond motifs is 5. The average molecular weight is 377 g/mol. The highest BCUT2D eigenvalue weighted by molar-refractivity contribution is 5.69. The van der Waals surface area contributed by atoms with E-state index in [-0.39, 0.29) is 12.1 Å². The quantitative estimate of drug-likeness (QED) is 0.688. The van der Waals surface area contributed by atoms with Crippen LogP contribution < -0.4 is 0 Å². The van der Waals surface area contributed by atoms with Crippen LogP contribution in [0.2, 0.25) is 0 Å². The zero-order valence-corrected chi connectivity index (χ0v) is 17.9. The Morgan fingerprint density at radius 2 is 1.74 bits per heavy atom. The Labute approximate surface area is 165 Å². The van der Waals surface area contributed by atoms with Gasteiger partial charge in [-0.1, -0.05) is 20.8 Å². The molecule has 0 radical (unpaired) electrons. The molecule has 9 atom stereocenters. The second-order valence-corrected chi connectivity index (χ2v) is 11.1. The van der Waals surface area contributed by atoms with E-state index in [4.69, 9.17) is 4.74 Å². The van der Waals surface area contributed by atoms with Crippen molar-refractivity contribution in [2.75, 3.05) is 7.11 Å². The predicted molar refractivity (Wildman–Crippen MR) is 107 cm³/mol. The Morgan fingerprint density at radius 3 is 2.48 bits per heavy atom. The van der Waals surface area contributed by atoms with Gasteiger partial charge in [0.25, 0.3) is 0 Å². The first-order valence-electron chi connectivity index (χ1n) is 11.5. The minimum Gasteiger partial charge on any atom is -0.469 e. The zero-order chi connectivity index (χ0) is 19.4. The molecule has 0 unspecified atom stereocenters. The molecule has 0 saturated heterocycles. The van der Waals surface area contributed by atoms with Crippen molar-refractivity contribution in [2.24, 2.45) is 46.3 Å². The predicted octanol–water partition coefficient (Wildman–Crippen LogP) is 5.21. The van der Waals surface area contributed by atoms with Gasteiger partial charge in [-0.05, 0) is 104 Å². The standard InChI is InChI=1S/C24H40O3/c1-15(13-22(26)27-4)19-7-8-20-18-6-5-16-14-17(25)9-11-23(16,2)21(18)10-12-24(19,20)3/h15-21,25H,5-14H2,1-4H3/t15-,16-,17-,18+,19-,20+,21+,23+,24-/m1/s1. The van der Waals surface area contributed by atoms with E-state index in [1.807, 2.05) is 0 Å². The number of ether oxygens (including phenoxy) is 1. The molecule has 1 N–H and O–H groups in total. The monoisotopic (exact) mass is 376 g/mol. The molecule has 4 fully saturated rings. The van der Waals surface area contributed by atoms with E-state index in [0.717, 1.165) is 36.5 Å². The number of aliphatic hydroxyl groups is 1. The maximum atomic E-state index is 11.9. The highest BCUT2D eigenvalue weighted by atomic mass is 16.5. The van der Waals surface area contributed by atoms with Crippen molar-refractivity contribution in [3.05, 3.63) is 0 Å². The third-order valence-electron chi connectivity index (χ3n) is 10.1. The molecule has 4 aliphatic carbocycles. The van der Waals surface area contributed by atoms with Gasteiger partial charge in [-0.2, -0.15) is 0 Å². The van der Waals surface area contributed by atoms with Crippen molar-refractivity contribution in [3.8, 4) is 0 Å². The van der Waals surface area contributed by atoms with Gasteiger partial charge in [0.05, 0.1) is 13.2 Å². The summed E-state index contributed by atoms with van der Waals surface area (Å²) in [5.41, 5.74) is 0.866. The van der Waals surface area contributed by atoms with Crippen molar-refractivity contribution in [1.82, 2.24) is 0 Å². The number of methoxy groups -OCH3 is 1. The van der Waals surface area contributed by atoms with Gasteiger partial charge in [0.1, 0.15) is 0 Å². The van der Waals surface area contributed by atoms with Crippen LogP contribution >= 0.6 is 0 Å². The molecule has 0 heterocycles. The molecule has 4 rings (SSSR count). The maximum absolute atomic E-state index is 11.9. The van der Waals surface area contributed by atoms with Crippen LogP contribution in [0.15, 0.2) is 0 Å². The van der Waals surface area contributed by atoms with Gasteiger partial charge < -0.3 is 9.84 Å². The molecule has 0 aromatic heterocycles. The molecule has 154 valence electrons. The molecule has 0 aromatic rings. The van der Waals surface area contributed by atoms with E-state index in [1.165, 1.54) is 52.1 Å². The van der Waals surface area contributed by atoms with Crippen LogP contribution in [0.4, 0.5) is 0 Å². The van der Waals surface area contributed by atoms with Gasteiger partial charge in [-0.25, -0.2) is 0 Å². The summed E-state index contributed by atoms with van der Waals surface area (Å²) in [6, 6.07) is 0. The Kier molecular flexibility index (Phi) is 5.15. The molecule has 4 saturated carbocycles. The van der Waals surface area contributed by atoms with Gasteiger partial charge >= 0.3 is 5.97 Å². The van der Waals surface area contributed by atoms with Gasteiger partial charge in [-0.3, -0.25) is 4.79 Å². The molecule has 0 spiro atoms. The molecular formula is C24H40O3. The number of hydrogen-bond donors (Lipinski definition) is 1. The summed E-state index contributed by atoms with van der Waals surface area (Å²) in [5, 5.41) is 10.2. The number of carbonyl (C=O) groups is 1. The lowest BCUT2D eigenvalue weighted by Crippen LogP contribution is -2.54. The fourth-order valence-corrected chi connectivity index (χ4v) is 8.70. The van der Waals surface area contributed by atoms with Crippen LogP contribution in [-0.4, -0.2) is 24.3 Å². The van der Waals surface area contributed by atoms with Crippen LogP contribution in [0, 0.1) is 46.3 Å². The molecule has 0 amide bonds. The smallest absolute Gasteiger partial charge is 0.305 e. The Morgan fingerprint density at radius 1 is 1.04 bits per heavy atom. The van der Waals surface area contributed by atoms with Crippen LogP contribution in [0.5, 0.6) is 0 Å². The van der Waals surface area contributed by atoms with Crippen molar-refractivity contribution in [2.45, 2.75) is 91.1 Å². The van der Waals surface area contributed by atoms with Crippen LogP contribution in [0.25, 0.3) is 0 Å². The Hall–Kier alpha value is -0.570. The summed E-state index contributed by atoms with van der Waals surface area (Å²) in [6.45, 7) is 7.40. The highest BCUT2D eigenvalue weighted by Gasteiger charge is 2.60. The lowest BCUT2D eigenvalue weighted by atomic mass is 9.44. The second-order valence-electron chi connectivity index (χ2n) is 11.1. The lowest BCUT2D eigenvalue weighted by molar-refractivity contribution is -0.144. The van der Waals surface area contributed by atoms with Crippen LogP contribution in [-0.2, 0) is 9.53 Å². The molecule has 0 bridgehead atoms. The highest BCUT2D eigenvalue weighted by Crippen LogP contribution is 2.68. The molecule has 3 nitrogen and oxygen atoms in total. The van der Waals surface area contributed by atoms with Crippen molar-refractivity contribution < 1.29 is 14.6 Å². The summed E-state index contributed by atoms with van der Waals surface area (Å²) in [6.07, 6.45) is 11.8. The van der Waals surface area contributed by atoms with E-state index in [1.54, 1.807) is 0 Å². The summed E-state index contributed by atoms with van der Waals surface area (Å²) < 4.78 is 4.96. The fourth-order valence-electron chi connectivity index (χ4n) is 8.70. The fraction of sp³-hybridized carbons (Fsp3) is 0.958. The number of aliphatic hydroxyl groups excluding tert-OH is 1.